The van der Waals surface area contributed by atoms with Gasteiger partial charge in [0, 0.05) is 6.54 Å². The largest absolute Gasteiger partial charge is 0.461 e. The molecular weight excluding hydrogens is 302 g/mol. The molecule has 2 aliphatic carbocycles. The predicted molar refractivity (Wildman–Crippen MR) is 83.8 cm³/mol. The molecule has 3 fully saturated rings. The van der Waals surface area contributed by atoms with Crippen LogP contribution in [-0.2, 0) is 19.6 Å². The van der Waals surface area contributed by atoms with E-state index in [4.69, 9.17) is 4.74 Å². The molecule has 22 heavy (non-hydrogen) atoms. The molecule has 0 aromatic rings. The van der Waals surface area contributed by atoms with Gasteiger partial charge in [-0.1, -0.05) is 6.92 Å². The minimum Gasteiger partial charge on any atom is -0.461 e. The molecule has 3 aliphatic rings. The van der Waals surface area contributed by atoms with Crippen LogP contribution in [0.1, 0.15) is 58.3 Å². The third-order valence-electron chi connectivity index (χ3n) is 5.49. The van der Waals surface area contributed by atoms with Gasteiger partial charge in [0.1, 0.15) is 12.1 Å². The minimum absolute atomic E-state index is 0.0314. The van der Waals surface area contributed by atoms with Crippen molar-refractivity contribution in [3.63, 3.8) is 0 Å². The summed E-state index contributed by atoms with van der Waals surface area (Å²) in [7, 11) is -3.34. The van der Waals surface area contributed by atoms with E-state index in [0.717, 1.165) is 25.7 Å². The van der Waals surface area contributed by atoms with Crippen LogP contribution in [0.5, 0.6) is 0 Å². The number of piperidine rings is 1. The lowest BCUT2D eigenvalue weighted by Crippen LogP contribution is -2.50. The van der Waals surface area contributed by atoms with Crippen LogP contribution < -0.4 is 0 Å². The molecule has 1 heterocycles. The maximum atomic E-state index is 12.6. The number of carbonyl (C=O) groups is 1. The smallest absolute Gasteiger partial charge is 0.324 e. The first-order chi connectivity index (χ1) is 10.5. The lowest BCUT2D eigenvalue weighted by atomic mass is 9.97. The van der Waals surface area contributed by atoms with Gasteiger partial charge >= 0.3 is 5.97 Å². The van der Waals surface area contributed by atoms with Crippen molar-refractivity contribution in [3.05, 3.63) is 0 Å². The summed E-state index contributed by atoms with van der Waals surface area (Å²) in [4.78, 5) is 12.6. The van der Waals surface area contributed by atoms with Crippen LogP contribution in [0.25, 0.3) is 0 Å². The van der Waals surface area contributed by atoms with E-state index in [9.17, 15) is 13.2 Å². The Bertz CT molecular complexity index is 518. The number of fused-ring (bicyclic) bond motifs is 2. The lowest BCUT2D eigenvalue weighted by molar-refractivity contribution is -0.157. The van der Waals surface area contributed by atoms with Crippen molar-refractivity contribution in [2.45, 2.75) is 70.4 Å². The molecule has 2 bridgehead atoms. The summed E-state index contributed by atoms with van der Waals surface area (Å²) < 4.78 is 31.9. The molecule has 126 valence electrons. The molecule has 1 aliphatic heterocycles. The fraction of sp³-hybridized carbons (Fsp3) is 0.938. The highest BCUT2D eigenvalue weighted by atomic mass is 32.2. The molecule has 0 aromatic carbocycles. The molecular formula is C16H27NO4S. The van der Waals surface area contributed by atoms with Crippen LogP contribution in [0.4, 0.5) is 0 Å². The Kier molecular flexibility index (Phi) is 4.78. The average molecular weight is 329 g/mol. The zero-order valence-electron chi connectivity index (χ0n) is 13.4. The van der Waals surface area contributed by atoms with Gasteiger partial charge in [-0.15, -0.1) is 0 Å². The second-order valence-electron chi connectivity index (χ2n) is 7.09. The van der Waals surface area contributed by atoms with Crippen LogP contribution in [0.3, 0.4) is 0 Å². The second kappa shape index (κ2) is 6.48. The Labute approximate surface area is 133 Å². The first-order valence-electron chi connectivity index (χ1n) is 8.71. The highest BCUT2D eigenvalue weighted by molar-refractivity contribution is 7.89. The fourth-order valence-electron chi connectivity index (χ4n) is 4.41. The van der Waals surface area contributed by atoms with Gasteiger partial charge in [0.2, 0.25) is 10.0 Å². The van der Waals surface area contributed by atoms with E-state index in [-0.39, 0.29) is 17.8 Å². The Morgan fingerprint density at radius 1 is 1.18 bits per heavy atom. The number of hydrogen-bond donors (Lipinski definition) is 0. The maximum Gasteiger partial charge on any atom is 0.324 e. The van der Waals surface area contributed by atoms with Gasteiger partial charge in [0.25, 0.3) is 0 Å². The monoisotopic (exact) mass is 329 g/mol. The summed E-state index contributed by atoms with van der Waals surface area (Å²) >= 11 is 0. The zero-order valence-corrected chi connectivity index (χ0v) is 14.2. The Morgan fingerprint density at radius 3 is 2.64 bits per heavy atom. The van der Waals surface area contributed by atoms with Crippen LogP contribution in [0.2, 0.25) is 0 Å². The second-order valence-corrected chi connectivity index (χ2v) is 9.13. The molecule has 0 spiro atoms. The van der Waals surface area contributed by atoms with E-state index >= 15 is 0 Å². The lowest BCUT2D eigenvalue weighted by Gasteiger charge is -2.34. The molecule has 0 unspecified atom stereocenters. The first-order valence-corrected chi connectivity index (χ1v) is 10.3. The van der Waals surface area contributed by atoms with Crippen molar-refractivity contribution in [1.29, 1.82) is 0 Å². The van der Waals surface area contributed by atoms with Gasteiger partial charge in [0.15, 0.2) is 0 Å². The maximum absolute atomic E-state index is 12.6. The first kappa shape index (κ1) is 16.2. The van der Waals surface area contributed by atoms with Crippen molar-refractivity contribution < 1.29 is 17.9 Å². The Morgan fingerprint density at radius 2 is 2.00 bits per heavy atom. The molecule has 0 aromatic heterocycles. The van der Waals surface area contributed by atoms with Gasteiger partial charge < -0.3 is 4.74 Å². The molecule has 3 rings (SSSR count). The van der Waals surface area contributed by atoms with Crippen LogP contribution >= 0.6 is 0 Å². The third kappa shape index (κ3) is 3.18. The van der Waals surface area contributed by atoms with Gasteiger partial charge in [-0.3, -0.25) is 4.79 Å². The van der Waals surface area contributed by atoms with Crippen molar-refractivity contribution >= 4 is 16.0 Å². The number of nitrogens with zero attached hydrogens (tertiary/aromatic N) is 1. The third-order valence-corrected chi connectivity index (χ3v) is 7.56. The summed E-state index contributed by atoms with van der Waals surface area (Å²) in [5.74, 6) is 1.04. The van der Waals surface area contributed by atoms with Crippen LogP contribution in [0, 0.1) is 11.8 Å². The highest BCUT2D eigenvalue weighted by Gasteiger charge is 2.44. The summed E-state index contributed by atoms with van der Waals surface area (Å²) in [6, 6.07) is -0.593. The SMILES string of the molecule is CCCS(=O)(=O)N1CCCC[C@@H]1C(=O)O[C@@H]1C[C@H]2CC[C@H]1C2. The summed E-state index contributed by atoms with van der Waals surface area (Å²) in [6.45, 7) is 2.31. The van der Waals surface area contributed by atoms with E-state index in [0.29, 0.717) is 31.2 Å². The topological polar surface area (TPSA) is 63.7 Å². The highest BCUT2D eigenvalue weighted by Crippen LogP contribution is 2.46. The summed E-state index contributed by atoms with van der Waals surface area (Å²) in [5.41, 5.74) is 0. The predicted octanol–water partition coefficient (Wildman–Crippen LogP) is 2.31. The number of carbonyl (C=O) groups excluding carboxylic acids is 1. The number of hydrogen-bond acceptors (Lipinski definition) is 4. The van der Waals surface area contributed by atoms with Gasteiger partial charge in [0.05, 0.1) is 5.75 Å². The summed E-state index contributed by atoms with van der Waals surface area (Å²) in [5, 5.41) is 0. The van der Waals surface area contributed by atoms with Gasteiger partial charge in [-0.05, 0) is 63.2 Å². The van der Waals surface area contributed by atoms with E-state index in [1.165, 1.54) is 17.1 Å². The van der Waals surface area contributed by atoms with Crippen molar-refractivity contribution in [3.8, 4) is 0 Å². The number of esters is 1. The van der Waals surface area contributed by atoms with Crippen LogP contribution in [0.15, 0.2) is 0 Å². The molecule has 2 saturated carbocycles. The average Bonchev–Trinajstić information content (AvgIpc) is 3.10. The standard InChI is InChI=1S/C16H27NO4S/c1-2-9-22(19,20)17-8-4-3-5-14(17)16(18)21-15-11-12-6-7-13(15)10-12/h12-15H,2-11H2,1H3/t12-,13-,14+,15+/m0/s1. The number of sulfonamides is 1. The number of rotatable bonds is 5. The minimum atomic E-state index is -3.34. The number of ether oxygens (including phenoxy) is 1. The Hall–Kier alpha value is -0.620. The van der Waals surface area contributed by atoms with E-state index in [2.05, 4.69) is 0 Å². The molecule has 0 amide bonds. The van der Waals surface area contributed by atoms with E-state index < -0.39 is 16.1 Å². The van der Waals surface area contributed by atoms with E-state index in [1.807, 2.05) is 6.92 Å². The molecule has 1 saturated heterocycles. The molecule has 0 N–H and O–H groups in total. The molecule has 4 atom stereocenters. The fourth-order valence-corrected chi connectivity index (χ4v) is 6.14. The van der Waals surface area contributed by atoms with Gasteiger partial charge in [-0.25, -0.2) is 8.42 Å². The molecule has 6 heteroatoms. The van der Waals surface area contributed by atoms with Crippen LogP contribution in [-0.4, -0.2) is 43.1 Å². The molecule has 5 nitrogen and oxygen atoms in total. The van der Waals surface area contributed by atoms with Crippen molar-refractivity contribution in [2.75, 3.05) is 12.3 Å². The quantitative estimate of drug-likeness (QED) is 0.726. The summed E-state index contributed by atoms with van der Waals surface area (Å²) in [6.07, 6.45) is 7.52. The zero-order chi connectivity index (χ0) is 15.7. The van der Waals surface area contributed by atoms with Crippen molar-refractivity contribution in [1.82, 2.24) is 4.31 Å². The van der Waals surface area contributed by atoms with Crippen molar-refractivity contribution in [2.24, 2.45) is 11.8 Å². The van der Waals surface area contributed by atoms with Gasteiger partial charge in [-0.2, -0.15) is 4.31 Å². The Balaban J connectivity index is 1.66. The molecule has 0 radical (unpaired) electrons. The van der Waals surface area contributed by atoms with E-state index in [1.54, 1.807) is 0 Å². The normalized spacial score (nSPS) is 35.7.